The zero-order valence-electron chi connectivity index (χ0n) is 9.04. The van der Waals surface area contributed by atoms with Crippen molar-refractivity contribution in [3.8, 4) is 0 Å². The highest BCUT2D eigenvalue weighted by atomic mass is 35.5. The van der Waals surface area contributed by atoms with Gasteiger partial charge in [0.15, 0.2) is 0 Å². The molecule has 2 aliphatic heterocycles. The number of carboxylic acids is 1. The fourth-order valence-corrected chi connectivity index (χ4v) is 3.69. The Morgan fingerprint density at radius 3 is 3.00 bits per heavy atom. The van der Waals surface area contributed by atoms with E-state index in [2.05, 4.69) is 14.5 Å². The predicted octanol–water partition coefficient (Wildman–Crippen LogP) is 1.63. The lowest BCUT2D eigenvalue weighted by Crippen LogP contribution is -2.32. The third-order valence-electron chi connectivity index (χ3n) is 3.84. The first-order valence-corrected chi connectivity index (χ1v) is 6.77. The molecule has 1 aromatic heterocycles. The quantitative estimate of drug-likeness (QED) is 0.907. The van der Waals surface area contributed by atoms with Crippen LogP contribution in [0.25, 0.3) is 0 Å². The summed E-state index contributed by atoms with van der Waals surface area (Å²) in [6.07, 6.45) is 2.82. The number of carboxylic acid groups (broad SMARTS) is 1. The summed E-state index contributed by atoms with van der Waals surface area (Å²) >= 11 is 7.16. The van der Waals surface area contributed by atoms with Crippen molar-refractivity contribution in [2.45, 2.75) is 37.9 Å². The zero-order valence-corrected chi connectivity index (χ0v) is 10.6. The van der Waals surface area contributed by atoms with Crippen LogP contribution in [0.2, 0.25) is 4.34 Å². The van der Waals surface area contributed by atoms with Gasteiger partial charge in [-0.15, -0.1) is 5.10 Å². The normalized spacial score (nSPS) is 32.2. The second kappa shape index (κ2) is 4.19. The lowest BCUT2D eigenvalue weighted by Gasteiger charge is -2.21. The lowest BCUT2D eigenvalue weighted by molar-refractivity contribution is -0.142. The van der Waals surface area contributed by atoms with Gasteiger partial charge < -0.3 is 5.11 Å². The van der Waals surface area contributed by atoms with Crippen LogP contribution < -0.4 is 0 Å². The van der Waals surface area contributed by atoms with Crippen LogP contribution in [-0.2, 0) is 11.3 Å². The molecule has 92 valence electrons. The van der Waals surface area contributed by atoms with Gasteiger partial charge in [0.2, 0.25) is 0 Å². The van der Waals surface area contributed by atoms with Crippen molar-refractivity contribution < 1.29 is 9.90 Å². The van der Waals surface area contributed by atoms with E-state index in [0.29, 0.717) is 16.9 Å². The Bertz CT molecular complexity index is 453. The number of aliphatic carboxylic acids is 1. The van der Waals surface area contributed by atoms with Crippen molar-refractivity contribution >= 4 is 29.1 Å². The van der Waals surface area contributed by atoms with E-state index in [0.717, 1.165) is 25.0 Å². The minimum atomic E-state index is -0.676. The van der Waals surface area contributed by atoms with Crippen LogP contribution in [-0.4, -0.2) is 37.6 Å². The standard InChI is InChI=1S/C10H12ClN3O2S/c11-9-7(12-13-17-9)4-14-5-1-2-8(14)6(3-5)10(15)16/h5-6,8H,1-4H2,(H,15,16). The van der Waals surface area contributed by atoms with Crippen LogP contribution >= 0.6 is 23.1 Å². The number of hydrogen-bond donors (Lipinski definition) is 1. The maximum atomic E-state index is 11.1. The van der Waals surface area contributed by atoms with E-state index >= 15 is 0 Å². The van der Waals surface area contributed by atoms with Crippen LogP contribution in [0.3, 0.4) is 0 Å². The average molecular weight is 274 g/mol. The van der Waals surface area contributed by atoms with Gasteiger partial charge in [-0.3, -0.25) is 9.69 Å². The molecule has 1 aromatic rings. The van der Waals surface area contributed by atoms with Crippen LogP contribution in [0.1, 0.15) is 25.0 Å². The Morgan fingerprint density at radius 1 is 1.59 bits per heavy atom. The maximum absolute atomic E-state index is 11.1. The van der Waals surface area contributed by atoms with Crippen LogP contribution in [0.5, 0.6) is 0 Å². The van der Waals surface area contributed by atoms with Gasteiger partial charge >= 0.3 is 5.97 Å². The van der Waals surface area contributed by atoms with Crippen molar-refractivity contribution in [2.75, 3.05) is 0 Å². The third kappa shape index (κ3) is 1.84. The molecular formula is C10H12ClN3O2S. The van der Waals surface area contributed by atoms with Crippen molar-refractivity contribution in [3.63, 3.8) is 0 Å². The van der Waals surface area contributed by atoms with Gasteiger partial charge in [0.05, 0.1) is 5.92 Å². The smallest absolute Gasteiger partial charge is 0.308 e. The highest BCUT2D eigenvalue weighted by Crippen LogP contribution is 2.42. The van der Waals surface area contributed by atoms with E-state index in [1.807, 2.05) is 0 Å². The Hall–Kier alpha value is -0.720. The number of rotatable bonds is 3. The highest BCUT2D eigenvalue weighted by molar-refractivity contribution is 7.10. The molecule has 3 rings (SSSR count). The maximum Gasteiger partial charge on any atom is 0.308 e. The number of hydrogen-bond acceptors (Lipinski definition) is 5. The Balaban J connectivity index is 1.77. The van der Waals surface area contributed by atoms with Gasteiger partial charge in [0.25, 0.3) is 0 Å². The van der Waals surface area contributed by atoms with Gasteiger partial charge in [0, 0.05) is 30.2 Å². The SMILES string of the molecule is O=C(O)C1CC2CCC1N2Cc1nnsc1Cl. The molecule has 2 saturated heterocycles. The molecule has 3 heterocycles. The molecule has 2 aliphatic rings. The molecule has 0 aromatic carbocycles. The van der Waals surface area contributed by atoms with Gasteiger partial charge in [-0.05, 0) is 19.3 Å². The topological polar surface area (TPSA) is 66.3 Å². The summed E-state index contributed by atoms with van der Waals surface area (Å²) in [6, 6.07) is 0.522. The van der Waals surface area contributed by atoms with E-state index in [4.69, 9.17) is 16.7 Å². The molecule has 5 nitrogen and oxygen atoms in total. The second-order valence-electron chi connectivity index (χ2n) is 4.64. The summed E-state index contributed by atoms with van der Waals surface area (Å²) in [6.45, 7) is 0.633. The molecule has 3 atom stereocenters. The summed E-state index contributed by atoms with van der Waals surface area (Å²) in [7, 11) is 0. The molecule has 0 aliphatic carbocycles. The number of carbonyl (C=O) groups is 1. The molecule has 0 spiro atoms. The lowest BCUT2D eigenvalue weighted by atomic mass is 9.89. The molecular weight excluding hydrogens is 262 g/mol. The van der Waals surface area contributed by atoms with Crippen LogP contribution in [0.15, 0.2) is 0 Å². The van der Waals surface area contributed by atoms with Crippen molar-refractivity contribution in [2.24, 2.45) is 5.92 Å². The number of halogens is 1. The van der Waals surface area contributed by atoms with Gasteiger partial charge in [-0.25, -0.2) is 0 Å². The minimum absolute atomic E-state index is 0.148. The Labute approximate surface area is 108 Å². The summed E-state index contributed by atoms with van der Waals surface area (Å²) < 4.78 is 4.42. The Morgan fingerprint density at radius 2 is 2.41 bits per heavy atom. The molecule has 2 fully saturated rings. The predicted molar refractivity (Wildman–Crippen MR) is 63.0 cm³/mol. The summed E-state index contributed by atoms with van der Waals surface area (Å²) in [5, 5.41) is 13.1. The summed E-state index contributed by atoms with van der Waals surface area (Å²) in [5.41, 5.74) is 0.777. The number of aromatic nitrogens is 2. The minimum Gasteiger partial charge on any atom is -0.481 e. The van der Waals surface area contributed by atoms with Crippen molar-refractivity contribution in [1.29, 1.82) is 0 Å². The van der Waals surface area contributed by atoms with E-state index in [1.54, 1.807) is 0 Å². The molecule has 7 heteroatoms. The average Bonchev–Trinajstić information content (AvgIpc) is 2.96. The van der Waals surface area contributed by atoms with Gasteiger partial charge in [0.1, 0.15) is 10.0 Å². The first-order valence-electron chi connectivity index (χ1n) is 5.62. The third-order valence-corrected chi connectivity index (χ3v) is 4.82. The number of fused-ring (bicyclic) bond motifs is 2. The zero-order chi connectivity index (χ0) is 12.0. The number of nitrogens with zero attached hydrogens (tertiary/aromatic N) is 3. The highest BCUT2D eigenvalue weighted by Gasteiger charge is 2.49. The fourth-order valence-electron chi connectivity index (χ4n) is 3.08. The van der Waals surface area contributed by atoms with Crippen LogP contribution in [0, 0.1) is 5.92 Å². The molecule has 1 N–H and O–H groups in total. The largest absolute Gasteiger partial charge is 0.481 e. The van der Waals surface area contributed by atoms with E-state index in [9.17, 15) is 4.79 Å². The summed E-state index contributed by atoms with van der Waals surface area (Å²) in [4.78, 5) is 13.4. The molecule has 2 bridgehead atoms. The molecule has 3 unspecified atom stereocenters. The molecule has 0 saturated carbocycles. The molecule has 0 radical (unpaired) electrons. The first-order chi connectivity index (χ1) is 8.16. The van der Waals surface area contributed by atoms with E-state index < -0.39 is 5.97 Å². The molecule has 17 heavy (non-hydrogen) atoms. The van der Waals surface area contributed by atoms with E-state index in [1.165, 1.54) is 11.5 Å². The fraction of sp³-hybridized carbons (Fsp3) is 0.700. The van der Waals surface area contributed by atoms with Crippen molar-refractivity contribution in [3.05, 3.63) is 10.0 Å². The Kier molecular flexibility index (Phi) is 2.80. The van der Waals surface area contributed by atoms with Crippen molar-refractivity contribution in [1.82, 2.24) is 14.5 Å². The second-order valence-corrected chi connectivity index (χ2v) is 6.00. The van der Waals surface area contributed by atoms with Gasteiger partial charge in [-0.1, -0.05) is 16.1 Å². The molecule has 0 amide bonds. The monoisotopic (exact) mass is 273 g/mol. The van der Waals surface area contributed by atoms with Crippen LogP contribution in [0.4, 0.5) is 0 Å². The summed E-state index contributed by atoms with van der Waals surface area (Å²) in [5.74, 6) is -0.899. The first kappa shape index (κ1) is 11.4. The van der Waals surface area contributed by atoms with Gasteiger partial charge in [-0.2, -0.15) is 0 Å². The van der Waals surface area contributed by atoms with E-state index in [-0.39, 0.29) is 12.0 Å².